The Hall–Kier alpha value is -2.77. The quantitative estimate of drug-likeness (QED) is 0.710. The molecule has 0 heterocycles. The molecule has 2 rings (SSSR count). The minimum absolute atomic E-state index is 0.111. The second kappa shape index (κ2) is 9.43. The van der Waals surface area contributed by atoms with Crippen LogP contribution in [0.3, 0.4) is 0 Å². The summed E-state index contributed by atoms with van der Waals surface area (Å²) >= 11 is 0. The lowest BCUT2D eigenvalue weighted by atomic mass is 9.81. The number of carbonyl (C=O) groups is 3. The van der Waals surface area contributed by atoms with Crippen LogP contribution in [0.2, 0.25) is 0 Å². The van der Waals surface area contributed by atoms with Crippen molar-refractivity contribution in [1.29, 1.82) is 0 Å². The van der Waals surface area contributed by atoms with Crippen molar-refractivity contribution in [1.82, 2.24) is 10.6 Å². The smallest absolute Gasteiger partial charge is 0.407 e. The largest absolute Gasteiger partial charge is 0.481 e. The number of carboxylic acid groups (broad SMARTS) is 1. The maximum atomic E-state index is 12.1. The third-order valence-electron chi connectivity index (χ3n) is 4.40. The van der Waals surface area contributed by atoms with Crippen LogP contribution in [0.5, 0.6) is 0 Å². The highest BCUT2D eigenvalue weighted by Crippen LogP contribution is 2.26. The molecule has 1 aromatic carbocycles. The lowest BCUT2D eigenvalue weighted by Crippen LogP contribution is -2.51. The summed E-state index contributed by atoms with van der Waals surface area (Å²) in [6.45, 7) is 5.39. The molecule has 1 aliphatic carbocycles. The monoisotopic (exact) mass is 392 g/mol. The van der Waals surface area contributed by atoms with E-state index in [0.29, 0.717) is 12.8 Å². The SMILES string of the molecule is CC(C)(C)OC(=O)N[C@@H]1CC[C@H](NC(=O)OCc2ccccc2)[C@H](C(=O)O)C1. The van der Waals surface area contributed by atoms with Gasteiger partial charge in [-0.2, -0.15) is 0 Å². The lowest BCUT2D eigenvalue weighted by molar-refractivity contribution is -0.144. The van der Waals surface area contributed by atoms with E-state index in [1.54, 1.807) is 20.8 Å². The van der Waals surface area contributed by atoms with Crippen molar-refractivity contribution in [2.45, 2.75) is 64.3 Å². The molecule has 1 aromatic rings. The Labute approximate surface area is 164 Å². The first-order valence-electron chi connectivity index (χ1n) is 9.33. The van der Waals surface area contributed by atoms with Gasteiger partial charge >= 0.3 is 18.2 Å². The third kappa shape index (κ3) is 7.09. The van der Waals surface area contributed by atoms with Gasteiger partial charge in [-0.15, -0.1) is 0 Å². The van der Waals surface area contributed by atoms with Crippen LogP contribution in [0, 0.1) is 5.92 Å². The van der Waals surface area contributed by atoms with Crippen LogP contribution in [0.25, 0.3) is 0 Å². The Morgan fingerprint density at radius 1 is 1.07 bits per heavy atom. The molecule has 0 bridgehead atoms. The van der Waals surface area contributed by atoms with Gasteiger partial charge in [0.15, 0.2) is 0 Å². The molecular formula is C20H28N2O6. The van der Waals surface area contributed by atoms with E-state index in [4.69, 9.17) is 9.47 Å². The van der Waals surface area contributed by atoms with Crippen molar-refractivity contribution in [3.63, 3.8) is 0 Å². The van der Waals surface area contributed by atoms with Crippen LogP contribution in [0.1, 0.15) is 45.6 Å². The zero-order valence-corrected chi connectivity index (χ0v) is 16.4. The standard InChI is InChI=1S/C20H28N2O6/c1-20(2,3)28-19(26)21-14-9-10-16(15(11-14)17(23)24)22-18(25)27-12-13-7-5-4-6-8-13/h4-8,14-16H,9-12H2,1-3H3,(H,21,26)(H,22,25)(H,23,24)/t14-,15-,16+/m1/s1. The predicted molar refractivity (Wildman–Crippen MR) is 102 cm³/mol. The zero-order valence-electron chi connectivity index (χ0n) is 16.4. The molecule has 0 unspecified atom stereocenters. The summed E-state index contributed by atoms with van der Waals surface area (Å²) in [5.74, 6) is -1.85. The van der Waals surface area contributed by atoms with Crippen molar-refractivity contribution in [3.05, 3.63) is 35.9 Å². The number of rotatable bonds is 5. The van der Waals surface area contributed by atoms with E-state index in [-0.39, 0.29) is 19.1 Å². The molecule has 8 heteroatoms. The van der Waals surface area contributed by atoms with E-state index in [1.165, 1.54) is 0 Å². The number of hydrogen-bond donors (Lipinski definition) is 3. The minimum atomic E-state index is -1.02. The number of nitrogens with one attached hydrogen (secondary N) is 2. The summed E-state index contributed by atoms with van der Waals surface area (Å²) < 4.78 is 10.4. The average Bonchev–Trinajstić information content (AvgIpc) is 2.60. The normalized spacial score (nSPS) is 22.0. The first kappa shape index (κ1) is 21.5. The van der Waals surface area contributed by atoms with Crippen molar-refractivity contribution >= 4 is 18.2 Å². The van der Waals surface area contributed by atoms with E-state index in [9.17, 15) is 19.5 Å². The summed E-state index contributed by atoms with van der Waals surface area (Å²) in [7, 11) is 0. The number of amides is 2. The fourth-order valence-corrected chi connectivity index (χ4v) is 3.14. The van der Waals surface area contributed by atoms with Crippen molar-refractivity contribution < 1.29 is 29.0 Å². The fraction of sp³-hybridized carbons (Fsp3) is 0.550. The van der Waals surface area contributed by atoms with Crippen LogP contribution < -0.4 is 10.6 Å². The number of carbonyl (C=O) groups excluding carboxylic acids is 2. The van der Waals surface area contributed by atoms with Gasteiger partial charge < -0.3 is 25.2 Å². The Balaban J connectivity index is 1.85. The fourth-order valence-electron chi connectivity index (χ4n) is 3.14. The van der Waals surface area contributed by atoms with Crippen molar-refractivity contribution in [3.8, 4) is 0 Å². The molecule has 0 aromatic heterocycles. The molecule has 154 valence electrons. The molecule has 3 atom stereocenters. The number of aliphatic carboxylic acids is 1. The second-order valence-electron chi connectivity index (χ2n) is 7.91. The maximum Gasteiger partial charge on any atom is 0.407 e. The number of carboxylic acids is 1. The Bertz CT molecular complexity index is 686. The van der Waals surface area contributed by atoms with Gasteiger partial charge in [-0.25, -0.2) is 9.59 Å². The number of benzene rings is 1. The molecule has 0 aliphatic heterocycles. The molecule has 8 nitrogen and oxygen atoms in total. The molecule has 0 saturated heterocycles. The maximum absolute atomic E-state index is 12.1. The van der Waals surface area contributed by atoms with Crippen LogP contribution in [-0.4, -0.2) is 40.9 Å². The molecule has 1 aliphatic rings. The van der Waals surface area contributed by atoms with Crippen LogP contribution in [0.4, 0.5) is 9.59 Å². The molecule has 28 heavy (non-hydrogen) atoms. The van der Waals surface area contributed by atoms with Gasteiger partial charge in [0.1, 0.15) is 12.2 Å². The van der Waals surface area contributed by atoms with Gasteiger partial charge in [0.05, 0.1) is 5.92 Å². The van der Waals surface area contributed by atoms with E-state index < -0.39 is 35.7 Å². The molecule has 2 amide bonds. The van der Waals surface area contributed by atoms with Gasteiger partial charge in [-0.1, -0.05) is 30.3 Å². The van der Waals surface area contributed by atoms with Gasteiger partial charge in [-0.05, 0) is 45.6 Å². The highest BCUT2D eigenvalue weighted by atomic mass is 16.6. The van der Waals surface area contributed by atoms with Gasteiger partial charge in [0, 0.05) is 12.1 Å². The molecule has 0 radical (unpaired) electrons. The summed E-state index contributed by atoms with van der Waals surface area (Å²) in [5, 5.41) is 14.9. The molecule has 0 spiro atoms. The van der Waals surface area contributed by atoms with Crippen molar-refractivity contribution in [2.75, 3.05) is 0 Å². The molecular weight excluding hydrogens is 364 g/mol. The predicted octanol–water partition coefficient (Wildman–Crippen LogP) is 3.06. The van der Waals surface area contributed by atoms with E-state index >= 15 is 0 Å². The Kier molecular flexibility index (Phi) is 7.25. The minimum Gasteiger partial charge on any atom is -0.481 e. The Morgan fingerprint density at radius 2 is 1.75 bits per heavy atom. The highest BCUT2D eigenvalue weighted by Gasteiger charge is 2.37. The van der Waals surface area contributed by atoms with Crippen LogP contribution in [-0.2, 0) is 20.9 Å². The zero-order chi connectivity index (χ0) is 20.7. The van der Waals surface area contributed by atoms with Gasteiger partial charge in [0.25, 0.3) is 0 Å². The number of hydrogen-bond acceptors (Lipinski definition) is 5. The van der Waals surface area contributed by atoms with E-state index in [1.807, 2.05) is 30.3 Å². The van der Waals surface area contributed by atoms with E-state index in [0.717, 1.165) is 5.56 Å². The van der Waals surface area contributed by atoms with Gasteiger partial charge in [0.2, 0.25) is 0 Å². The van der Waals surface area contributed by atoms with Crippen LogP contribution >= 0.6 is 0 Å². The van der Waals surface area contributed by atoms with Gasteiger partial charge in [-0.3, -0.25) is 4.79 Å². The van der Waals surface area contributed by atoms with E-state index in [2.05, 4.69) is 10.6 Å². The molecule has 3 N–H and O–H groups in total. The highest BCUT2D eigenvalue weighted by molar-refractivity contribution is 5.74. The first-order valence-corrected chi connectivity index (χ1v) is 9.33. The summed E-state index contributed by atoms with van der Waals surface area (Å²) in [6.07, 6.45) is -0.0723. The number of ether oxygens (including phenoxy) is 2. The average molecular weight is 392 g/mol. The first-order chi connectivity index (χ1) is 13.1. The molecule has 1 fully saturated rings. The third-order valence-corrected chi connectivity index (χ3v) is 4.40. The lowest BCUT2D eigenvalue weighted by Gasteiger charge is -2.34. The molecule has 1 saturated carbocycles. The summed E-state index contributed by atoms with van der Waals surface area (Å²) in [6, 6.07) is 8.34. The Morgan fingerprint density at radius 3 is 2.36 bits per heavy atom. The number of alkyl carbamates (subject to hydrolysis) is 2. The van der Waals surface area contributed by atoms with Crippen LogP contribution in [0.15, 0.2) is 30.3 Å². The van der Waals surface area contributed by atoms with Crippen molar-refractivity contribution in [2.24, 2.45) is 5.92 Å². The topological polar surface area (TPSA) is 114 Å². The summed E-state index contributed by atoms with van der Waals surface area (Å²) in [4.78, 5) is 35.6. The second-order valence-corrected chi connectivity index (χ2v) is 7.91. The summed E-state index contributed by atoms with van der Waals surface area (Å²) in [5.41, 5.74) is 0.218.